The first kappa shape index (κ1) is 17.0. The van der Waals surface area contributed by atoms with Crippen LogP contribution < -0.4 is 10.4 Å². The summed E-state index contributed by atoms with van der Waals surface area (Å²) >= 11 is 0. The van der Waals surface area contributed by atoms with Crippen LogP contribution >= 0.6 is 0 Å². The molecule has 0 fully saturated rings. The van der Waals surface area contributed by atoms with Crippen molar-refractivity contribution in [3.63, 3.8) is 0 Å². The van der Waals surface area contributed by atoms with Gasteiger partial charge in [0.15, 0.2) is 0 Å². The second-order valence-electron chi connectivity index (χ2n) is 6.32. The maximum Gasteiger partial charge on any atom is 0.228 e. The molecular formula is C19H20N3O3-. The highest BCUT2D eigenvalue weighted by Gasteiger charge is 2.29. The van der Waals surface area contributed by atoms with Crippen molar-refractivity contribution in [3.05, 3.63) is 59.9 Å². The molecular weight excluding hydrogens is 318 g/mol. The summed E-state index contributed by atoms with van der Waals surface area (Å²) in [5, 5.41) is 18.3. The Morgan fingerprint density at radius 2 is 1.96 bits per heavy atom. The van der Waals surface area contributed by atoms with Gasteiger partial charge in [-0.15, -0.1) is 0 Å². The van der Waals surface area contributed by atoms with E-state index >= 15 is 0 Å². The number of benzene rings is 1. The summed E-state index contributed by atoms with van der Waals surface area (Å²) in [4.78, 5) is 23.7. The van der Waals surface area contributed by atoms with E-state index in [1.807, 2.05) is 37.3 Å². The second-order valence-corrected chi connectivity index (χ2v) is 6.32. The van der Waals surface area contributed by atoms with E-state index < -0.39 is 17.8 Å². The minimum atomic E-state index is -1.18. The second kappa shape index (κ2) is 7.34. The van der Waals surface area contributed by atoms with E-state index in [1.165, 1.54) is 5.56 Å². The standard InChI is InChI=1S/C19H21N3O3/c1-13-6-2-3-7-14(13)11-22-12-15(10-20-22)21-18(23)16-8-4-5-9-17(16)19(24)25/h2-7,10,12,16-17H,8-9,11H2,1H3,(H,21,23)(H,24,25)/p-1. The first-order chi connectivity index (χ1) is 12.0. The van der Waals surface area contributed by atoms with E-state index in [0.717, 1.165) is 5.56 Å². The van der Waals surface area contributed by atoms with Crippen LogP contribution in [0, 0.1) is 18.8 Å². The van der Waals surface area contributed by atoms with E-state index in [4.69, 9.17) is 0 Å². The molecule has 0 spiro atoms. The van der Waals surface area contributed by atoms with Crippen LogP contribution in [0.15, 0.2) is 48.8 Å². The predicted molar refractivity (Wildman–Crippen MR) is 91.5 cm³/mol. The summed E-state index contributed by atoms with van der Waals surface area (Å²) in [5.74, 6) is -2.89. The SMILES string of the molecule is Cc1ccccc1Cn1cc(NC(=O)C2CC=CCC2C(=O)[O-])cn1. The number of aryl methyl sites for hydroxylation is 1. The van der Waals surface area contributed by atoms with Gasteiger partial charge in [0.2, 0.25) is 5.91 Å². The molecule has 1 aromatic heterocycles. The average Bonchev–Trinajstić information content (AvgIpc) is 3.04. The van der Waals surface area contributed by atoms with Crippen molar-refractivity contribution in [1.29, 1.82) is 0 Å². The highest BCUT2D eigenvalue weighted by molar-refractivity contribution is 5.95. The smallest absolute Gasteiger partial charge is 0.228 e. The van der Waals surface area contributed by atoms with Gasteiger partial charge >= 0.3 is 0 Å². The van der Waals surface area contributed by atoms with Crippen LogP contribution in [0.1, 0.15) is 24.0 Å². The van der Waals surface area contributed by atoms with Crippen molar-refractivity contribution in [1.82, 2.24) is 9.78 Å². The van der Waals surface area contributed by atoms with Crippen LogP contribution in [0.2, 0.25) is 0 Å². The van der Waals surface area contributed by atoms with Crippen LogP contribution in [-0.4, -0.2) is 21.7 Å². The average molecular weight is 338 g/mol. The Morgan fingerprint density at radius 1 is 1.24 bits per heavy atom. The molecule has 2 unspecified atom stereocenters. The largest absolute Gasteiger partial charge is 0.550 e. The Labute approximate surface area is 146 Å². The van der Waals surface area contributed by atoms with Crippen LogP contribution in [0.4, 0.5) is 5.69 Å². The molecule has 0 aliphatic heterocycles. The van der Waals surface area contributed by atoms with Crippen molar-refractivity contribution in [2.24, 2.45) is 11.8 Å². The maximum atomic E-state index is 12.4. The van der Waals surface area contributed by atoms with Gasteiger partial charge in [0.05, 0.1) is 24.3 Å². The third-order valence-electron chi connectivity index (χ3n) is 4.57. The van der Waals surface area contributed by atoms with E-state index in [2.05, 4.69) is 10.4 Å². The molecule has 3 rings (SSSR count). The van der Waals surface area contributed by atoms with Gasteiger partial charge < -0.3 is 15.2 Å². The minimum Gasteiger partial charge on any atom is -0.550 e. The molecule has 6 heteroatoms. The number of nitrogens with zero attached hydrogens (tertiary/aromatic N) is 2. The van der Waals surface area contributed by atoms with E-state index in [9.17, 15) is 14.7 Å². The van der Waals surface area contributed by atoms with Gasteiger partial charge in [-0.05, 0) is 30.9 Å². The molecule has 1 amide bonds. The van der Waals surface area contributed by atoms with Gasteiger partial charge in [-0.25, -0.2) is 0 Å². The fraction of sp³-hybridized carbons (Fsp3) is 0.316. The zero-order valence-electron chi connectivity index (χ0n) is 14.0. The number of carboxylic acid groups (broad SMARTS) is 1. The lowest BCUT2D eigenvalue weighted by atomic mass is 9.82. The molecule has 1 N–H and O–H groups in total. The Bertz CT molecular complexity index is 810. The number of hydrogen-bond acceptors (Lipinski definition) is 4. The predicted octanol–water partition coefficient (Wildman–Crippen LogP) is 1.51. The van der Waals surface area contributed by atoms with Crippen LogP contribution in [-0.2, 0) is 16.1 Å². The number of allylic oxidation sites excluding steroid dienone is 2. The summed E-state index contributed by atoms with van der Waals surface area (Å²) < 4.78 is 1.74. The van der Waals surface area contributed by atoms with Crippen LogP contribution in [0.3, 0.4) is 0 Å². The van der Waals surface area contributed by atoms with Gasteiger partial charge in [-0.3, -0.25) is 9.48 Å². The molecule has 2 atom stereocenters. The third kappa shape index (κ3) is 3.96. The summed E-state index contributed by atoms with van der Waals surface area (Å²) in [7, 11) is 0. The van der Waals surface area contributed by atoms with Gasteiger partial charge in [-0.1, -0.05) is 36.4 Å². The van der Waals surface area contributed by atoms with E-state index in [0.29, 0.717) is 25.1 Å². The van der Waals surface area contributed by atoms with Crippen molar-refractivity contribution in [2.45, 2.75) is 26.3 Å². The lowest BCUT2D eigenvalue weighted by Crippen LogP contribution is -2.41. The highest BCUT2D eigenvalue weighted by atomic mass is 16.4. The quantitative estimate of drug-likeness (QED) is 0.837. The lowest BCUT2D eigenvalue weighted by Gasteiger charge is -2.27. The Kier molecular flexibility index (Phi) is 4.97. The molecule has 2 aromatic rings. The number of aromatic nitrogens is 2. The molecule has 1 aliphatic rings. The van der Waals surface area contributed by atoms with Gasteiger partial charge in [0.1, 0.15) is 0 Å². The monoisotopic (exact) mass is 338 g/mol. The van der Waals surface area contributed by atoms with Crippen LogP contribution in [0.25, 0.3) is 0 Å². The number of anilines is 1. The minimum absolute atomic E-state index is 0.311. The van der Waals surface area contributed by atoms with Gasteiger partial charge in [0, 0.05) is 18.1 Å². The van der Waals surface area contributed by atoms with Crippen molar-refractivity contribution in [3.8, 4) is 0 Å². The number of hydrogen-bond donors (Lipinski definition) is 1. The summed E-state index contributed by atoms with van der Waals surface area (Å²) in [6, 6.07) is 8.04. The molecule has 1 heterocycles. The summed E-state index contributed by atoms with van der Waals surface area (Å²) in [5.41, 5.74) is 2.89. The molecule has 130 valence electrons. The number of rotatable bonds is 5. The number of nitrogens with one attached hydrogen (secondary N) is 1. The zero-order chi connectivity index (χ0) is 17.8. The van der Waals surface area contributed by atoms with Gasteiger partial charge in [-0.2, -0.15) is 5.10 Å². The summed E-state index contributed by atoms with van der Waals surface area (Å²) in [6.07, 6.45) is 7.67. The molecule has 0 saturated carbocycles. The number of carbonyl (C=O) groups excluding carboxylic acids is 2. The molecule has 0 radical (unpaired) electrons. The first-order valence-electron chi connectivity index (χ1n) is 8.28. The van der Waals surface area contributed by atoms with Crippen molar-refractivity contribution < 1.29 is 14.7 Å². The topological polar surface area (TPSA) is 87.0 Å². The maximum absolute atomic E-state index is 12.4. The molecule has 1 aliphatic carbocycles. The number of aliphatic carboxylic acids is 1. The fourth-order valence-corrected chi connectivity index (χ4v) is 3.08. The third-order valence-corrected chi connectivity index (χ3v) is 4.57. The Balaban J connectivity index is 1.67. The fourth-order valence-electron chi connectivity index (χ4n) is 3.08. The Morgan fingerprint density at radius 3 is 2.68 bits per heavy atom. The number of amides is 1. The molecule has 25 heavy (non-hydrogen) atoms. The van der Waals surface area contributed by atoms with Gasteiger partial charge in [0.25, 0.3) is 0 Å². The molecule has 0 bridgehead atoms. The molecule has 1 aromatic carbocycles. The summed E-state index contributed by atoms with van der Waals surface area (Å²) in [6.45, 7) is 2.65. The van der Waals surface area contributed by atoms with E-state index in [-0.39, 0.29) is 5.91 Å². The Hall–Kier alpha value is -2.89. The zero-order valence-corrected chi connectivity index (χ0v) is 14.0. The van der Waals surface area contributed by atoms with Crippen LogP contribution in [0.5, 0.6) is 0 Å². The molecule has 6 nitrogen and oxygen atoms in total. The van der Waals surface area contributed by atoms with Crippen molar-refractivity contribution >= 4 is 17.6 Å². The van der Waals surface area contributed by atoms with E-state index in [1.54, 1.807) is 23.2 Å². The normalized spacial score (nSPS) is 19.6. The number of carbonyl (C=O) groups is 2. The lowest BCUT2D eigenvalue weighted by molar-refractivity contribution is -0.313. The number of carboxylic acids is 1. The van der Waals surface area contributed by atoms with Crippen molar-refractivity contribution in [2.75, 3.05) is 5.32 Å². The first-order valence-corrected chi connectivity index (χ1v) is 8.28. The molecule has 0 saturated heterocycles. The highest BCUT2D eigenvalue weighted by Crippen LogP contribution is 2.26.